The molecule has 0 saturated heterocycles. The standard InChI is InChI=1S/C27H24ClN3O3/c28-23-8-7-21(25(32)30-20-12-27(13-20)10-19(11-27)26(33)34)24-22(23)14-29-31(24)15-16-5-6-17-3-1-2-4-18(17)9-16/h1-9,14,19-20H,10-13,15H2,(H,30,32)(H,33,34). The van der Waals surface area contributed by atoms with Crippen molar-refractivity contribution in [2.45, 2.75) is 38.3 Å². The van der Waals surface area contributed by atoms with Crippen molar-refractivity contribution in [2.24, 2.45) is 11.3 Å². The van der Waals surface area contributed by atoms with Gasteiger partial charge in [0.2, 0.25) is 0 Å². The summed E-state index contributed by atoms with van der Waals surface area (Å²) in [5.74, 6) is -1.07. The fourth-order valence-corrected chi connectivity index (χ4v) is 6.03. The molecule has 2 aliphatic rings. The second kappa shape index (κ2) is 7.84. The van der Waals surface area contributed by atoms with Gasteiger partial charge in [-0.15, -0.1) is 0 Å². The fourth-order valence-electron chi connectivity index (χ4n) is 5.83. The van der Waals surface area contributed by atoms with Gasteiger partial charge in [-0.05, 0) is 65.6 Å². The molecule has 4 aromatic rings. The summed E-state index contributed by atoms with van der Waals surface area (Å²) in [6.07, 6.45) is 4.84. The molecule has 2 aliphatic carbocycles. The number of hydrogen-bond donors (Lipinski definition) is 2. The average Bonchev–Trinajstić information content (AvgIpc) is 3.18. The van der Waals surface area contributed by atoms with Crippen molar-refractivity contribution in [3.63, 3.8) is 0 Å². The Morgan fingerprint density at radius 1 is 1.06 bits per heavy atom. The lowest BCUT2D eigenvalue weighted by molar-refractivity contribution is -0.155. The van der Waals surface area contributed by atoms with Gasteiger partial charge in [0.25, 0.3) is 5.91 Å². The molecule has 7 heteroatoms. The first-order chi connectivity index (χ1) is 16.4. The van der Waals surface area contributed by atoms with Crippen LogP contribution in [-0.2, 0) is 11.3 Å². The van der Waals surface area contributed by atoms with E-state index in [0.29, 0.717) is 17.1 Å². The average molecular weight is 474 g/mol. The Labute approximate surface area is 201 Å². The first-order valence-electron chi connectivity index (χ1n) is 11.6. The van der Waals surface area contributed by atoms with Gasteiger partial charge in [0.05, 0.1) is 34.8 Å². The molecule has 0 radical (unpaired) electrons. The monoisotopic (exact) mass is 473 g/mol. The molecule has 0 bridgehead atoms. The predicted octanol–water partition coefficient (Wildman–Crippen LogP) is 5.26. The largest absolute Gasteiger partial charge is 0.481 e. The van der Waals surface area contributed by atoms with Gasteiger partial charge in [-0.1, -0.05) is 48.0 Å². The van der Waals surface area contributed by atoms with Crippen LogP contribution in [0.4, 0.5) is 0 Å². The van der Waals surface area contributed by atoms with Gasteiger partial charge in [-0.3, -0.25) is 14.3 Å². The highest BCUT2D eigenvalue weighted by molar-refractivity contribution is 6.36. The molecule has 0 aliphatic heterocycles. The number of aliphatic carboxylic acids is 1. The minimum absolute atomic E-state index is 0.0739. The number of carboxylic acid groups (broad SMARTS) is 1. The molecule has 0 unspecified atom stereocenters. The third kappa shape index (κ3) is 3.53. The number of amides is 1. The summed E-state index contributed by atoms with van der Waals surface area (Å²) in [5, 5.41) is 20.5. The zero-order valence-electron chi connectivity index (χ0n) is 18.5. The van der Waals surface area contributed by atoms with Crippen molar-refractivity contribution < 1.29 is 14.7 Å². The van der Waals surface area contributed by atoms with Crippen LogP contribution >= 0.6 is 11.6 Å². The van der Waals surface area contributed by atoms with Crippen LogP contribution in [0.2, 0.25) is 5.02 Å². The molecule has 0 atom stereocenters. The lowest BCUT2D eigenvalue weighted by atomic mass is 9.50. The third-order valence-corrected chi connectivity index (χ3v) is 7.87. The van der Waals surface area contributed by atoms with Gasteiger partial charge in [0.1, 0.15) is 0 Å². The number of fused-ring (bicyclic) bond motifs is 2. The number of aromatic nitrogens is 2. The van der Waals surface area contributed by atoms with Gasteiger partial charge in [0, 0.05) is 11.4 Å². The van der Waals surface area contributed by atoms with E-state index in [2.05, 4.69) is 40.7 Å². The minimum Gasteiger partial charge on any atom is -0.481 e. The smallest absolute Gasteiger partial charge is 0.306 e. The van der Waals surface area contributed by atoms with Crippen LogP contribution in [0, 0.1) is 11.3 Å². The van der Waals surface area contributed by atoms with Crippen molar-refractivity contribution in [3.8, 4) is 0 Å². The minimum atomic E-state index is -0.707. The maximum absolute atomic E-state index is 13.3. The summed E-state index contributed by atoms with van der Waals surface area (Å²) in [6, 6.07) is 18.1. The number of rotatable bonds is 5. The quantitative estimate of drug-likeness (QED) is 0.414. The van der Waals surface area contributed by atoms with Crippen LogP contribution in [0.5, 0.6) is 0 Å². The number of nitrogens with one attached hydrogen (secondary N) is 1. The number of hydrogen-bond acceptors (Lipinski definition) is 3. The van der Waals surface area contributed by atoms with Crippen LogP contribution in [0.25, 0.3) is 21.7 Å². The highest BCUT2D eigenvalue weighted by Crippen LogP contribution is 2.58. The Morgan fingerprint density at radius 3 is 2.59 bits per heavy atom. The van der Waals surface area contributed by atoms with Crippen LogP contribution < -0.4 is 5.32 Å². The summed E-state index contributed by atoms with van der Waals surface area (Å²) in [5.41, 5.74) is 2.47. The van der Waals surface area contributed by atoms with E-state index in [1.165, 1.54) is 5.39 Å². The van der Waals surface area contributed by atoms with E-state index >= 15 is 0 Å². The lowest BCUT2D eigenvalue weighted by Gasteiger charge is -2.56. The lowest BCUT2D eigenvalue weighted by Crippen LogP contribution is -2.57. The fraction of sp³-hybridized carbons (Fsp3) is 0.296. The second-order valence-electron chi connectivity index (χ2n) is 9.86. The molecule has 3 aromatic carbocycles. The number of carbonyl (C=O) groups is 2. The van der Waals surface area contributed by atoms with Crippen molar-refractivity contribution >= 4 is 45.2 Å². The Bertz CT molecular complexity index is 1450. The van der Waals surface area contributed by atoms with Gasteiger partial charge >= 0.3 is 5.97 Å². The highest BCUT2D eigenvalue weighted by atomic mass is 35.5. The van der Waals surface area contributed by atoms with E-state index in [0.717, 1.165) is 47.5 Å². The van der Waals surface area contributed by atoms with Gasteiger partial charge in [-0.25, -0.2) is 0 Å². The first kappa shape index (κ1) is 21.2. The van der Waals surface area contributed by atoms with Crippen molar-refractivity contribution in [1.29, 1.82) is 0 Å². The Morgan fingerprint density at radius 2 is 1.82 bits per heavy atom. The van der Waals surface area contributed by atoms with Crippen LogP contribution in [0.15, 0.2) is 60.8 Å². The van der Waals surface area contributed by atoms with Crippen LogP contribution in [0.3, 0.4) is 0 Å². The maximum atomic E-state index is 13.3. The summed E-state index contributed by atoms with van der Waals surface area (Å²) in [6.45, 7) is 0.526. The zero-order valence-corrected chi connectivity index (χ0v) is 19.3. The predicted molar refractivity (Wildman–Crippen MR) is 131 cm³/mol. The molecule has 2 N–H and O–H groups in total. The molecule has 1 aromatic heterocycles. The van der Waals surface area contributed by atoms with Crippen molar-refractivity contribution in [2.75, 3.05) is 0 Å². The number of carbonyl (C=O) groups excluding carboxylic acids is 1. The summed E-state index contributed by atoms with van der Waals surface area (Å²) in [7, 11) is 0. The van der Waals surface area contributed by atoms with Gasteiger partial charge in [0.15, 0.2) is 0 Å². The molecule has 34 heavy (non-hydrogen) atoms. The second-order valence-corrected chi connectivity index (χ2v) is 10.3. The number of halogens is 1. The molecule has 1 amide bonds. The van der Waals surface area contributed by atoms with Crippen molar-refractivity contribution in [3.05, 3.63) is 76.9 Å². The SMILES string of the molecule is O=C(NC1CC2(C1)CC(C(=O)O)C2)c1ccc(Cl)c2cnn(Cc3ccc4ccccc4c3)c12. The summed E-state index contributed by atoms with van der Waals surface area (Å²) >= 11 is 6.44. The normalized spacial score (nSPS) is 23.6. The van der Waals surface area contributed by atoms with E-state index in [1.54, 1.807) is 18.3 Å². The molecular weight excluding hydrogens is 450 g/mol. The topological polar surface area (TPSA) is 84.2 Å². The molecule has 1 heterocycles. The van der Waals surface area contributed by atoms with Crippen molar-refractivity contribution in [1.82, 2.24) is 15.1 Å². The summed E-state index contributed by atoms with van der Waals surface area (Å²) in [4.78, 5) is 24.4. The molecular formula is C27H24ClN3O3. The van der Waals surface area contributed by atoms with E-state index in [1.807, 2.05) is 16.8 Å². The molecule has 2 fully saturated rings. The van der Waals surface area contributed by atoms with E-state index in [-0.39, 0.29) is 23.3 Å². The van der Waals surface area contributed by atoms with E-state index in [9.17, 15) is 9.59 Å². The first-order valence-corrected chi connectivity index (χ1v) is 11.9. The number of benzene rings is 3. The van der Waals surface area contributed by atoms with Crippen LogP contribution in [-0.4, -0.2) is 32.8 Å². The molecule has 6 rings (SSSR count). The summed E-state index contributed by atoms with van der Waals surface area (Å²) < 4.78 is 1.84. The van der Waals surface area contributed by atoms with E-state index in [4.69, 9.17) is 16.7 Å². The highest BCUT2D eigenvalue weighted by Gasteiger charge is 2.55. The molecule has 1 spiro atoms. The zero-order chi connectivity index (χ0) is 23.4. The maximum Gasteiger partial charge on any atom is 0.306 e. The Hall–Kier alpha value is -3.38. The van der Waals surface area contributed by atoms with Gasteiger partial charge in [-0.2, -0.15) is 5.10 Å². The van der Waals surface area contributed by atoms with Gasteiger partial charge < -0.3 is 10.4 Å². The third-order valence-electron chi connectivity index (χ3n) is 7.54. The number of carboxylic acids is 1. The Kier molecular flexibility index (Phi) is 4.88. The molecule has 172 valence electrons. The van der Waals surface area contributed by atoms with E-state index < -0.39 is 5.97 Å². The van der Waals surface area contributed by atoms with Crippen LogP contribution in [0.1, 0.15) is 41.6 Å². The number of nitrogens with zero attached hydrogens (tertiary/aromatic N) is 2. The molecule has 2 saturated carbocycles. The molecule has 6 nitrogen and oxygen atoms in total. The Balaban J connectivity index is 1.23.